The number of rotatable bonds is 3. The van der Waals surface area contributed by atoms with E-state index in [0.717, 1.165) is 18.5 Å². The van der Waals surface area contributed by atoms with E-state index in [-0.39, 0.29) is 6.09 Å². The van der Waals surface area contributed by atoms with Crippen LogP contribution < -0.4 is 4.74 Å². The highest BCUT2D eigenvalue weighted by atomic mass is 16.6. The molecule has 0 aromatic carbocycles. The molecule has 5 nitrogen and oxygen atoms in total. The average molecular weight is 292 g/mol. The quantitative estimate of drug-likeness (QED) is 0.859. The molecule has 2 rings (SSSR count). The number of aryl methyl sites for hydroxylation is 1. The van der Waals surface area contributed by atoms with Crippen LogP contribution in [0.1, 0.15) is 32.8 Å². The van der Waals surface area contributed by atoms with Crippen LogP contribution in [-0.2, 0) is 4.74 Å². The van der Waals surface area contributed by atoms with Gasteiger partial charge in [-0.1, -0.05) is 6.07 Å². The van der Waals surface area contributed by atoms with Gasteiger partial charge in [-0.3, -0.25) is 0 Å². The maximum atomic E-state index is 12.0. The van der Waals surface area contributed by atoms with Crippen molar-refractivity contribution in [1.29, 1.82) is 0 Å². The fourth-order valence-electron chi connectivity index (χ4n) is 2.20. The Morgan fingerprint density at radius 2 is 2.19 bits per heavy atom. The molecule has 0 radical (unpaired) electrons. The van der Waals surface area contributed by atoms with E-state index in [1.807, 2.05) is 39.8 Å². The number of carbonyl (C=O) groups excluding carboxylic acids is 1. The van der Waals surface area contributed by atoms with Crippen LogP contribution in [0.25, 0.3) is 0 Å². The van der Waals surface area contributed by atoms with Gasteiger partial charge < -0.3 is 14.4 Å². The summed E-state index contributed by atoms with van der Waals surface area (Å²) in [6.45, 7) is 9.62. The maximum Gasteiger partial charge on any atom is 0.410 e. The lowest BCUT2D eigenvalue weighted by molar-refractivity contribution is 0.0284. The van der Waals surface area contributed by atoms with Gasteiger partial charge in [0.05, 0.1) is 6.61 Å². The van der Waals surface area contributed by atoms with Gasteiger partial charge in [0.15, 0.2) is 0 Å². The predicted molar refractivity (Wildman–Crippen MR) is 80.4 cm³/mol. The van der Waals surface area contributed by atoms with Crippen LogP contribution in [0.3, 0.4) is 0 Å². The fourth-order valence-corrected chi connectivity index (χ4v) is 2.20. The summed E-state index contributed by atoms with van der Waals surface area (Å²) in [6, 6.07) is 3.85. The maximum absolute atomic E-state index is 12.0. The monoisotopic (exact) mass is 292 g/mol. The molecule has 1 atom stereocenters. The zero-order valence-electron chi connectivity index (χ0n) is 13.3. The second kappa shape index (κ2) is 6.33. The minimum atomic E-state index is -0.447. The number of ether oxygens (including phenoxy) is 2. The summed E-state index contributed by atoms with van der Waals surface area (Å²) < 4.78 is 11.1. The number of carbonyl (C=O) groups is 1. The van der Waals surface area contributed by atoms with Crippen LogP contribution in [0.4, 0.5) is 4.79 Å². The number of hydrogen-bond donors (Lipinski definition) is 0. The van der Waals surface area contributed by atoms with Crippen LogP contribution in [0.2, 0.25) is 0 Å². The Morgan fingerprint density at radius 1 is 1.43 bits per heavy atom. The molecule has 0 aliphatic carbocycles. The number of amides is 1. The summed E-state index contributed by atoms with van der Waals surface area (Å²) in [4.78, 5) is 17.9. The van der Waals surface area contributed by atoms with Crippen LogP contribution in [0.5, 0.6) is 5.88 Å². The number of nitrogens with zero attached hydrogens (tertiary/aromatic N) is 2. The van der Waals surface area contributed by atoms with Crippen molar-refractivity contribution in [2.45, 2.75) is 39.7 Å². The van der Waals surface area contributed by atoms with E-state index in [0.29, 0.717) is 24.9 Å². The normalized spacial score (nSPS) is 18.7. The highest BCUT2D eigenvalue weighted by molar-refractivity contribution is 5.68. The minimum absolute atomic E-state index is 0.238. The van der Waals surface area contributed by atoms with Gasteiger partial charge in [0, 0.05) is 31.3 Å². The third-order valence-electron chi connectivity index (χ3n) is 3.29. The second-order valence-electron chi connectivity index (χ2n) is 6.57. The lowest BCUT2D eigenvalue weighted by Crippen LogP contribution is -2.35. The Kier molecular flexibility index (Phi) is 4.70. The third kappa shape index (κ3) is 4.92. The summed E-state index contributed by atoms with van der Waals surface area (Å²) in [6.07, 6.45) is 2.49. The van der Waals surface area contributed by atoms with Gasteiger partial charge in [-0.15, -0.1) is 0 Å². The molecule has 1 saturated heterocycles. The SMILES string of the molecule is Cc1ccc(OC[C@H]2CCN(C(=O)OC(C)(C)C)C2)nc1. The van der Waals surface area contributed by atoms with Gasteiger partial charge in [0.25, 0.3) is 0 Å². The standard InChI is InChI=1S/C16H24N2O3/c1-12-5-6-14(17-9-12)20-11-13-7-8-18(10-13)15(19)21-16(2,3)4/h5-6,9,13H,7-8,10-11H2,1-4H3/t13-/m0/s1. The van der Waals surface area contributed by atoms with Gasteiger partial charge in [-0.25, -0.2) is 9.78 Å². The van der Waals surface area contributed by atoms with Crippen molar-refractivity contribution in [3.8, 4) is 5.88 Å². The Morgan fingerprint density at radius 3 is 2.81 bits per heavy atom. The van der Waals surface area contributed by atoms with Crippen molar-refractivity contribution < 1.29 is 14.3 Å². The highest BCUT2D eigenvalue weighted by Crippen LogP contribution is 2.20. The first-order valence-corrected chi connectivity index (χ1v) is 7.37. The van der Waals surface area contributed by atoms with Crippen molar-refractivity contribution in [3.63, 3.8) is 0 Å². The molecule has 0 bridgehead atoms. The fraction of sp³-hybridized carbons (Fsp3) is 0.625. The van der Waals surface area contributed by atoms with Crippen LogP contribution >= 0.6 is 0 Å². The molecule has 0 unspecified atom stereocenters. The van der Waals surface area contributed by atoms with Crippen molar-refractivity contribution >= 4 is 6.09 Å². The second-order valence-corrected chi connectivity index (χ2v) is 6.57. The molecule has 0 saturated carbocycles. The molecule has 2 heterocycles. The van der Waals surface area contributed by atoms with Gasteiger partial charge >= 0.3 is 6.09 Å². The first-order chi connectivity index (χ1) is 9.83. The third-order valence-corrected chi connectivity index (χ3v) is 3.29. The Bertz CT molecular complexity index is 479. The molecule has 1 aliphatic heterocycles. The predicted octanol–water partition coefficient (Wildman–Crippen LogP) is 3.03. The zero-order valence-corrected chi connectivity index (χ0v) is 13.3. The highest BCUT2D eigenvalue weighted by Gasteiger charge is 2.30. The minimum Gasteiger partial charge on any atom is -0.477 e. The van der Waals surface area contributed by atoms with Gasteiger partial charge in [-0.2, -0.15) is 0 Å². The van der Waals surface area contributed by atoms with E-state index >= 15 is 0 Å². The number of pyridine rings is 1. The number of aromatic nitrogens is 1. The van der Waals surface area contributed by atoms with Crippen molar-refractivity contribution in [2.75, 3.05) is 19.7 Å². The summed E-state index contributed by atoms with van der Waals surface area (Å²) in [5, 5.41) is 0. The summed E-state index contributed by atoms with van der Waals surface area (Å²) in [5.41, 5.74) is 0.664. The summed E-state index contributed by atoms with van der Waals surface area (Å²) in [7, 11) is 0. The molecule has 0 spiro atoms. The van der Waals surface area contributed by atoms with Crippen molar-refractivity contribution in [2.24, 2.45) is 5.92 Å². The molecule has 5 heteroatoms. The van der Waals surface area contributed by atoms with E-state index in [4.69, 9.17) is 9.47 Å². The van der Waals surface area contributed by atoms with Crippen molar-refractivity contribution in [1.82, 2.24) is 9.88 Å². The molecule has 1 amide bonds. The largest absolute Gasteiger partial charge is 0.477 e. The Balaban J connectivity index is 1.77. The van der Waals surface area contributed by atoms with Crippen LogP contribution in [0.15, 0.2) is 18.3 Å². The molecule has 1 aromatic heterocycles. The van der Waals surface area contributed by atoms with E-state index < -0.39 is 5.60 Å². The first kappa shape index (κ1) is 15.6. The molecular formula is C16H24N2O3. The molecule has 21 heavy (non-hydrogen) atoms. The molecule has 1 fully saturated rings. The lowest BCUT2D eigenvalue weighted by Gasteiger charge is -2.24. The van der Waals surface area contributed by atoms with Gasteiger partial charge in [-0.05, 0) is 39.7 Å². The average Bonchev–Trinajstić information content (AvgIpc) is 2.85. The Labute approximate surface area is 126 Å². The summed E-state index contributed by atoms with van der Waals surface area (Å²) >= 11 is 0. The van der Waals surface area contributed by atoms with E-state index in [9.17, 15) is 4.79 Å². The first-order valence-electron chi connectivity index (χ1n) is 7.37. The number of likely N-dealkylation sites (tertiary alicyclic amines) is 1. The van der Waals surface area contributed by atoms with Crippen LogP contribution in [0, 0.1) is 12.8 Å². The molecule has 1 aromatic rings. The Hall–Kier alpha value is -1.78. The van der Waals surface area contributed by atoms with Gasteiger partial charge in [0.1, 0.15) is 5.60 Å². The smallest absolute Gasteiger partial charge is 0.410 e. The van der Waals surface area contributed by atoms with E-state index in [1.54, 1.807) is 11.1 Å². The van der Waals surface area contributed by atoms with Crippen LogP contribution in [-0.4, -0.2) is 41.3 Å². The molecule has 116 valence electrons. The van der Waals surface area contributed by atoms with E-state index in [2.05, 4.69) is 4.98 Å². The molecule has 0 N–H and O–H groups in total. The van der Waals surface area contributed by atoms with E-state index in [1.165, 1.54) is 0 Å². The van der Waals surface area contributed by atoms with Crippen molar-refractivity contribution in [3.05, 3.63) is 23.9 Å². The molecular weight excluding hydrogens is 268 g/mol. The zero-order chi connectivity index (χ0) is 15.5. The molecule has 1 aliphatic rings. The topological polar surface area (TPSA) is 51.7 Å². The van der Waals surface area contributed by atoms with Gasteiger partial charge in [0.2, 0.25) is 5.88 Å². The lowest BCUT2D eigenvalue weighted by atomic mass is 10.1. The number of hydrogen-bond acceptors (Lipinski definition) is 4. The summed E-state index contributed by atoms with van der Waals surface area (Å²) in [5.74, 6) is 0.969.